The quantitative estimate of drug-likeness (QED) is 0.600. The van der Waals surface area contributed by atoms with Gasteiger partial charge >= 0.3 is 0 Å². The second-order valence-electron chi connectivity index (χ2n) is 5.91. The van der Waals surface area contributed by atoms with E-state index in [-0.39, 0.29) is 45.6 Å². The predicted octanol–water partition coefficient (Wildman–Crippen LogP) is 2.18. The van der Waals surface area contributed by atoms with E-state index in [4.69, 9.17) is 11.6 Å². The number of hydrogen-bond donors (Lipinski definition) is 0. The summed E-state index contributed by atoms with van der Waals surface area (Å²) in [5.74, 6) is -2.61. The van der Waals surface area contributed by atoms with Gasteiger partial charge in [-0.3, -0.25) is 14.4 Å². The number of hydrogen-bond acceptors (Lipinski definition) is 5. The average molecular weight is 355 g/mol. The van der Waals surface area contributed by atoms with Crippen molar-refractivity contribution >= 4 is 38.8 Å². The molecule has 1 saturated carbocycles. The molecule has 23 heavy (non-hydrogen) atoms. The van der Waals surface area contributed by atoms with Crippen molar-refractivity contribution in [2.75, 3.05) is 5.75 Å². The first-order valence-corrected chi connectivity index (χ1v) is 9.50. The number of sulfone groups is 1. The lowest BCUT2D eigenvalue weighted by atomic mass is 9.81. The number of halogens is 1. The lowest BCUT2D eigenvalue weighted by Crippen LogP contribution is -2.35. The fourth-order valence-corrected chi connectivity index (χ4v) is 5.23. The Balaban J connectivity index is 2.06. The Kier molecular flexibility index (Phi) is 4.14. The molecule has 0 radical (unpaired) electrons. The van der Waals surface area contributed by atoms with Gasteiger partial charge in [0.15, 0.2) is 27.2 Å². The summed E-state index contributed by atoms with van der Waals surface area (Å²) >= 11 is 6.26. The highest BCUT2D eigenvalue weighted by Crippen LogP contribution is 2.35. The standard InChI is InChI=1S/C16H15ClO5S/c17-15-9-3-2-8-23(21,22)13(9)7-6-10(15)16(20)14-11(18)4-1-5-12(14)19/h6-7,14H,1-5,8H2. The number of ketones is 3. The van der Waals surface area contributed by atoms with Crippen LogP contribution in [0.25, 0.3) is 0 Å². The number of carbonyl (C=O) groups excluding carboxylic acids is 3. The Morgan fingerprint density at radius 2 is 1.70 bits per heavy atom. The molecular formula is C16H15ClO5S. The topological polar surface area (TPSA) is 85.3 Å². The van der Waals surface area contributed by atoms with Crippen molar-refractivity contribution in [3.63, 3.8) is 0 Å². The number of carbonyl (C=O) groups is 3. The maximum Gasteiger partial charge on any atom is 0.182 e. The molecule has 1 aliphatic heterocycles. The van der Waals surface area contributed by atoms with Crippen molar-refractivity contribution in [3.8, 4) is 0 Å². The summed E-state index contributed by atoms with van der Waals surface area (Å²) in [4.78, 5) is 36.6. The zero-order valence-corrected chi connectivity index (χ0v) is 13.9. The summed E-state index contributed by atoms with van der Waals surface area (Å²) < 4.78 is 24.1. The Morgan fingerprint density at radius 3 is 2.35 bits per heavy atom. The molecule has 0 aromatic heterocycles. The lowest BCUT2D eigenvalue weighted by molar-refractivity contribution is -0.133. The first-order valence-electron chi connectivity index (χ1n) is 7.46. The Labute approximate surface area is 138 Å². The van der Waals surface area contributed by atoms with Gasteiger partial charge < -0.3 is 0 Å². The van der Waals surface area contributed by atoms with Crippen LogP contribution in [0, 0.1) is 5.92 Å². The summed E-state index contributed by atoms with van der Waals surface area (Å²) in [7, 11) is -3.38. The van der Waals surface area contributed by atoms with Crippen LogP contribution in [0.3, 0.4) is 0 Å². The smallest absolute Gasteiger partial charge is 0.182 e. The third kappa shape index (κ3) is 2.74. The summed E-state index contributed by atoms with van der Waals surface area (Å²) in [6.45, 7) is 0. The van der Waals surface area contributed by atoms with Gasteiger partial charge in [-0.05, 0) is 37.0 Å². The highest BCUT2D eigenvalue weighted by molar-refractivity contribution is 7.91. The summed E-state index contributed by atoms with van der Waals surface area (Å²) in [6.07, 6.45) is 1.78. The third-order valence-corrected chi connectivity index (χ3v) is 6.70. The van der Waals surface area contributed by atoms with E-state index in [2.05, 4.69) is 0 Å². The molecule has 5 nitrogen and oxygen atoms in total. The molecule has 1 heterocycles. The first kappa shape index (κ1) is 16.3. The van der Waals surface area contributed by atoms with Crippen molar-refractivity contribution in [1.29, 1.82) is 0 Å². The first-order chi connectivity index (χ1) is 10.8. The molecule has 1 aromatic carbocycles. The molecule has 0 amide bonds. The summed E-state index contributed by atoms with van der Waals surface area (Å²) in [5.41, 5.74) is 0.482. The van der Waals surface area contributed by atoms with Gasteiger partial charge in [-0.1, -0.05) is 11.6 Å². The second-order valence-corrected chi connectivity index (χ2v) is 8.37. The van der Waals surface area contributed by atoms with Gasteiger partial charge in [0.05, 0.1) is 15.7 Å². The maximum atomic E-state index is 12.6. The van der Waals surface area contributed by atoms with Gasteiger partial charge in [-0.25, -0.2) is 8.42 Å². The van der Waals surface area contributed by atoms with Crippen LogP contribution in [0.4, 0.5) is 0 Å². The molecule has 3 rings (SSSR count). The van der Waals surface area contributed by atoms with Crippen molar-refractivity contribution in [1.82, 2.24) is 0 Å². The van der Waals surface area contributed by atoms with E-state index in [1.54, 1.807) is 0 Å². The SMILES string of the molecule is O=C1CCCC(=O)C1C(=O)c1ccc2c(c1Cl)CCCS2(=O)=O. The minimum Gasteiger partial charge on any atom is -0.298 e. The molecule has 122 valence electrons. The van der Waals surface area contributed by atoms with Gasteiger partial charge in [-0.15, -0.1) is 0 Å². The molecule has 7 heteroatoms. The van der Waals surface area contributed by atoms with Crippen LogP contribution >= 0.6 is 11.6 Å². The van der Waals surface area contributed by atoms with Gasteiger partial charge in [0, 0.05) is 18.4 Å². The van der Waals surface area contributed by atoms with E-state index < -0.39 is 21.5 Å². The van der Waals surface area contributed by atoms with Crippen LogP contribution in [-0.2, 0) is 25.8 Å². The number of Topliss-reactive ketones (excluding diaryl/α,β-unsaturated/α-hetero) is 3. The highest BCUT2D eigenvalue weighted by Gasteiger charge is 2.38. The molecule has 0 unspecified atom stereocenters. The fourth-order valence-electron chi connectivity index (χ4n) is 3.22. The molecule has 1 aliphatic carbocycles. The molecule has 0 N–H and O–H groups in total. The largest absolute Gasteiger partial charge is 0.298 e. The molecule has 2 aliphatic rings. The van der Waals surface area contributed by atoms with Crippen molar-refractivity contribution < 1.29 is 22.8 Å². The minimum absolute atomic E-state index is 0.0574. The maximum absolute atomic E-state index is 12.6. The van der Waals surface area contributed by atoms with E-state index in [0.717, 1.165) is 0 Å². The van der Waals surface area contributed by atoms with Crippen LogP contribution in [-0.4, -0.2) is 31.5 Å². The van der Waals surface area contributed by atoms with Crippen LogP contribution in [0.5, 0.6) is 0 Å². The van der Waals surface area contributed by atoms with E-state index in [0.29, 0.717) is 24.8 Å². The van der Waals surface area contributed by atoms with Crippen LogP contribution < -0.4 is 0 Å². The lowest BCUT2D eigenvalue weighted by Gasteiger charge is -2.22. The van der Waals surface area contributed by atoms with E-state index >= 15 is 0 Å². The Morgan fingerprint density at radius 1 is 1.04 bits per heavy atom. The number of rotatable bonds is 2. The van der Waals surface area contributed by atoms with E-state index in [1.165, 1.54) is 12.1 Å². The Bertz CT molecular complexity index is 809. The van der Waals surface area contributed by atoms with Gasteiger partial charge in [0.25, 0.3) is 0 Å². The molecule has 1 fully saturated rings. The molecule has 1 aromatic rings. The van der Waals surface area contributed by atoms with Crippen molar-refractivity contribution in [2.45, 2.75) is 37.0 Å². The highest BCUT2D eigenvalue weighted by atomic mass is 35.5. The van der Waals surface area contributed by atoms with Gasteiger partial charge in [0.1, 0.15) is 5.92 Å². The number of fused-ring (bicyclic) bond motifs is 1. The monoisotopic (exact) mass is 354 g/mol. The fraction of sp³-hybridized carbons (Fsp3) is 0.438. The van der Waals surface area contributed by atoms with Crippen molar-refractivity contribution in [3.05, 3.63) is 28.3 Å². The summed E-state index contributed by atoms with van der Waals surface area (Å²) in [5, 5.41) is 0.0574. The van der Waals surface area contributed by atoms with E-state index in [1.807, 2.05) is 0 Å². The molecular weight excluding hydrogens is 340 g/mol. The zero-order chi connectivity index (χ0) is 16.8. The molecule has 0 bridgehead atoms. The molecule has 0 atom stereocenters. The zero-order valence-electron chi connectivity index (χ0n) is 12.3. The molecule has 0 spiro atoms. The average Bonchev–Trinajstić information content (AvgIpc) is 2.47. The Hall–Kier alpha value is -1.53. The number of benzene rings is 1. The predicted molar refractivity (Wildman–Crippen MR) is 83.5 cm³/mol. The van der Waals surface area contributed by atoms with E-state index in [9.17, 15) is 22.8 Å². The van der Waals surface area contributed by atoms with Gasteiger partial charge in [-0.2, -0.15) is 0 Å². The van der Waals surface area contributed by atoms with Gasteiger partial charge in [0.2, 0.25) is 0 Å². The van der Waals surface area contributed by atoms with Crippen molar-refractivity contribution in [2.24, 2.45) is 5.92 Å². The second kappa shape index (κ2) is 5.83. The normalized spacial score (nSPS) is 21.1. The van der Waals surface area contributed by atoms with Crippen LogP contribution in [0.2, 0.25) is 5.02 Å². The third-order valence-electron chi connectivity index (χ3n) is 4.39. The van der Waals surface area contributed by atoms with Crippen LogP contribution in [0.1, 0.15) is 41.6 Å². The minimum atomic E-state index is -3.38. The van der Waals surface area contributed by atoms with Crippen LogP contribution in [0.15, 0.2) is 17.0 Å². The molecule has 0 saturated heterocycles. The summed E-state index contributed by atoms with van der Waals surface area (Å²) in [6, 6.07) is 2.68.